The van der Waals surface area contributed by atoms with Crippen LogP contribution >= 0.6 is 0 Å². The van der Waals surface area contributed by atoms with Crippen LogP contribution in [0.1, 0.15) is 79.6 Å². The maximum Gasteiger partial charge on any atom is 0.251 e. The second kappa shape index (κ2) is 10.5. The summed E-state index contributed by atoms with van der Waals surface area (Å²) in [6.07, 6.45) is 8.62. The summed E-state index contributed by atoms with van der Waals surface area (Å²) in [5.41, 5.74) is 1.83. The van der Waals surface area contributed by atoms with Crippen molar-refractivity contribution in [3.05, 3.63) is 35.4 Å². The van der Waals surface area contributed by atoms with E-state index in [0.29, 0.717) is 11.5 Å². The van der Waals surface area contributed by atoms with Gasteiger partial charge < -0.3 is 25.0 Å². The Bertz CT molecular complexity index is 1010. The first kappa shape index (κ1) is 25.0. The van der Waals surface area contributed by atoms with E-state index >= 15 is 0 Å². The van der Waals surface area contributed by atoms with Gasteiger partial charge in [-0.05, 0) is 81.1 Å². The molecule has 5 aliphatic rings. The summed E-state index contributed by atoms with van der Waals surface area (Å²) in [4.78, 5) is 43.5. The van der Waals surface area contributed by atoms with Crippen LogP contribution in [0.2, 0.25) is 0 Å². The number of ketones is 1. The van der Waals surface area contributed by atoms with Crippen LogP contribution in [-0.2, 0) is 14.3 Å². The van der Waals surface area contributed by atoms with E-state index in [-0.39, 0.29) is 36.7 Å². The lowest BCUT2D eigenvalue weighted by atomic mass is 9.85. The molecule has 2 aliphatic carbocycles. The third kappa shape index (κ3) is 4.84. The Balaban J connectivity index is 1.12. The molecule has 3 heterocycles. The normalized spacial score (nSPS) is 30.4. The van der Waals surface area contributed by atoms with Gasteiger partial charge in [0.2, 0.25) is 5.91 Å². The van der Waals surface area contributed by atoms with E-state index < -0.39 is 24.3 Å². The van der Waals surface area contributed by atoms with E-state index in [0.717, 1.165) is 57.7 Å². The van der Waals surface area contributed by atoms with Crippen molar-refractivity contribution >= 4 is 17.6 Å². The minimum atomic E-state index is -0.881. The van der Waals surface area contributed by atoms with Crippen molar-refractivity contribution < 1.29 is 24.2 Å². The third-order valence-corrected chi connectivity index (χ3v) is 9.63. The highest BCUT2D eigenvalue weighted by Gasteiger charge is 2.53. The number of rotatable bonds is 6. The molecule has 0 aromatic heterocycles. The van der Waals surface area contributed by atoms with Crippen molar-refractivity contribution in [2.24, 2.45) is 5.92 Å². The van der Waals surface area contributed by atoms with E-state index in [1.165, 1.54) is 29.7 Å². The van der Waals surface area contributed by atoms with Crippen LogP contribution in [0, 0.1) is 5.92 Å². The molecule has 0 radical (unpaired) electrons. The summed E-state index contributed by atoms with van der Waals surface area (Å²) in [5, 5.41) is 13.4. The average molecular weight is 510 g/mol. The highest BCUT2D eigenvalue weighted by atomic mass is 16.5. The Morgan fingerprint density at radius 1 is 0.973 bits per heavy atom. The SMILES string of the molecule is O=C(N[C@H](C(=O)N1C[C@@H](O)[C@H]2OCC(=O)[C@H]21)C1CCCC1)c1ccc(C2CCN(C3CCC3)CC2)cc1. The molecule has 37 heavy (non-hydrogen) atoms. The zero-order chi connectivity index (χ0) is 25.5. The molecular formula is C29H39N3O5. The van der Waals surface area contributed by atoms with Crippen molar-refractivity contribution in [2.45, 2.75) is 94.0 Å². The molecule has 8 heteroatoms. The number of benzene rings is 1. The fourth-order valence-electron chi connectivity index (χ4n) is 7.19. The molecule has 5 fully saturated rings. The topological polar surface area (TPSA) is 99.2 Å². The lowest BCUT2D eigenvalue weighted by Crippen LogP contribution is -2.54. The first-order valence-electron chi connectivity index (χ1n) is 14.3. The highest BCUT2D eigenvalue weighted by Crippen LogP contribution is 2.34. The van der Waals surface area contributed by atoms with Gasteiger partial charge in [0.15, 0.2) is 5.78 Å². The molecule has 0 spiro atoms. The summed E-state index contributed by atoms with van der Waals surface area (Å²) >= 11 is 0. The summed E-state index contributed by atoms with van der Waals surface area (Å²) in [6.45, 7) is 2.29. The van der Waals surface area contributed by atoms with Crippen molar-refractivity contribution in [1.82, 2.24) is 15.1 Å². The molecule has 200 valence electrons. The van der Waals surface area contributed by atoms with Crippen LogP contribution in [0.4, 0.5) is 0 Å². The number of β-amino-alcohol motifs (C(OH)–C–C–N with tert-alkyl or cyclic N) is 1. The number of hydrogen-bond donors (Lipinski definition) is 2. The van der Waals surface area contributed by atoms with Gasteiger partial charge in [-0.2, -0.15) is 0 Å². The molecule has 1 aromatic carbocycles. The predicted octanol–water partition coefficient (Wildman–Crippen LogP) is 2.25. The minimum absolute atomic E-state index is 0.0326. The number of aliphatic hydroxyl groups excluding tert-OH is 1. The van der Waals surface area contributed by atoms with E-state index in [2.05, 4.69) is 22.3 Å². The van der Waals surface area contributed by atoms with Gasteiger partial charge in [0, 0.05) is 11.6 Å². The van der Waals surface area contributed by atoms with E-state index in [9.17, 15) is 19.5 Å². The number of aliphatic hydroxyl groups is 1. The van der Waals surface area contributed by atoms with Crippen molar-refractivity contribution in [2.75, 3.05) is 26.2 Å². The number of carbonyl (C=O) groups is 3. The van der Waals surface area contributed by atoms with Gasteiger partial charge in [0.05, 0.1) is 6.54 Å². The zero-order valence-electron chi connectivity index (χ0n) is 21.5. The quantitative estimate of drug-likeness (QED) is 0.610. The molecule has 6 rings (SSSR count). The molecule has 8 nitrogen and oxygen atoms in total. The number of fused-ring (bicyclic) bond motifs is 1. The van der Waals surface area contributed by atoms with Crippen molar-refractivity contribution in [3.63, 3.8) is 0 Å². The Labute approximate surface area is 218 Å². The maximum absolute atomic E-state index is 13.7. The predicted molar refractivity (Wildman–Crippen MR) is 137 cm³/mol. The summed E-state index contributed by atoms with van der Waals surface area (Å²) in [5.74, 6) is -0.157. The Morgan fingerprint density at radius 3 is 2.32 bits per heavy atom. The largest absolute Gasteiger partial charge is 0.388 e. The summed E-state index contributed by atoms with van der Waals surface area (Å²) in [7, 11) is 0. The third-order valence-electron chi connectivity index (χ3n) is 9.63. The van der Waals surface area contributed by atoms with E-state index in [1.54, 1.807) is 0 Å². The molecule has 0 bridgehead atoms. The smallest absolute Gasteiger partial charge is 0.251 e. The highest BCUT2D eigenvalue weighted by molar-refractivity contribution is 5.99. The average Bonchev–Trinajstić information content (AvgIpc) is 3.62. The lowest BCUT2D eigenvalue weighted by Gasteiger charge is -2.42. The molecule has 0 unspecified atom stereocenters. The summed E-state index contributed by atoms with van der Waals surface area (Å²) < 4.78 is 5.44. The van der Waals surface area contributed by atoms with Gasteiger partial charge >= 0.3 is 0 Å². The first-order chi connectivity index (χ1) is 18.0. The second-order valence-electron chi connectivity index (χ2n) is 11.8. The number of hydrogen-bond acceptors (Lipinski definition) is 6. The molecule has 2 saturated carbocycles. The number of carbonyl (C=O) groups excluding carboxylic acids is 3. The Hall–Kier alpha value is -2.29. The lowest BCUT2D eigenvalue weighted by molar-refractivity contribution is -0.139. The van der Waals surface area contributed by atoms with Crippen molar-refractivity contribution in [3.8, 4) is 0 Å². The van der Waals surface area contributed by atoms with E-state index in [4.69, 9.17) is 4.74 Å². The van der Waals surface area contributed by atoms with Gasteiger partial charge in [0.1, 0.15) is 30.9 Å². The number of amides is 2. The molecular weight excluding hydrogens is 470 g/mol. The molecule has 3 saturated heterocycles. The monoisotopic (exact) mass is 509 g/mol. The van der Waals surface area contributed by atoms with Crippen LogP contribution in [0.3, 0.4) is 0 Å². The zero-order valence-corrected chi connectivity index (χ0v) is 21.5. The molecule has 3 aliphatic heterocycles. The number of nitrogens with one attached hydrogen (secondary N) is 1. The van der Waals surface area contributed by atoms with Crippen LogP contribution in [-0.4, -0.2) is 89.1 Å². The standard InChI is InChI=1S/C29H39N3O5/c33-23-16-32(26-24(34)17-37-27(23)26)29(36)25(20-4-1-2-5-20)30-28(35)21-10-8-18(9-11-21)19-12-14-31(15-13-19)22-6-3-7-22/h8-11,19-20,22-23,25-27,33H,1-7,12-17H2,(H,30,35)/t23-,25+,26-,27-/m1/s1. The fraction of sp³-hybridized carbons (Fsp3) is 0.690. The second-order valence-corrected chi connectivity index (χ2v) is 11.8. The van der Waals surface area contributed by atoms with Gasteiger partial charge in [0.25, 0.3) is 5.91 Å². The molecule has 1 aromatic rings. The molecule has 2 N–H and O–H groups in total. The number of Topliss-reactive ketones (excluding diaryl/α,β-unsaturated/α-hetero) is 1. The number of ether oxygens (including phenoxy) is 1. The Kier molecular flexibility index (Phi) is 7.07. The van der Waals surface area contributed by atoms with Gasteiger partial charge in [-0.25, -0.2) is 0 Å². The molecule has 2 amide bonds. The maximum atomic E-state index is 13.7. The van der Waals surface area contributed by atoms with Gasteiger partial charge in [-0.1, -0.05) is 31.4 Å². The van der Waals surface area contributed by atoms with Crippen LogP contribution in [0.5, 0.6) is 0 Å². The van der Waals surface area contributed by atoms with Crippen LogP contribution in [0.15, 0.2) is 24.3 Å². The number of piperidine rings is 1. The number of nitrogens with zero attached hydrogens (tertiary/aromatic N) is 2. The Morgan fingerprint density at radius 2 is 1.68 bits per heavy atom. The molecule has 4 atom stereocenters. The minimum Gasteiger partial charge on any atom is -0.388 e. The van der Waals surface area contributed by atoms with Crippen molar-refractivity contribution in [1.29, 1.82) is 0 Å². The number of likely N-dealkylation sites (tertiary alicyclic amines) is 2. The van der Waals surface area contributed by atoms with Gasteiger partial charge in [-0.3, -0.25) is 14.4 Å². The first-order valence-corrected chi connectivity index (χ1v) is 14.3. The van der Waals surface area contributed by atoms with Crippen LogP contribution < -0.4 is 5.32 Å². The summed E-state index contributed by atoms with van der Waals surface area (Å²) in [6, 6.07) is 7.24. The fourth-order valence-corrected chi connectivity index (χ4v) is 7.19. The van der Waals surface area contributed by atoms with E-state index in [1.807, 2.05) is 12.1 Å². The van der Waals surface area contributed by atoms with Gasteiger partial charge in [-0.15, -0.1) is 0 Å². The van der Waals surface area contributed by atoms with Crippen LogP contribution in [0.25, 0.3) is 0 Å².